The first-order valence-corrected chi connectivity index (χ1v) is 5.44. The number of hydrogen-bond donors (Lipinski definition) is 1. The molecule has 2 atom stereocenters. The Labute approximate surface area is 95.2 Å². The largest absolute Gasteiger partial charge is 0.337 e. The quantitative estimate of drug-likeness (QED) is 0.741. The molecule has 2 rings (SSSR count). The molecule has 0 radical (unpaired) electrons. The average molecular weight is 222 g/mol. The summed E-state index contributed by atoms with van der Waals surface area (Å²) in [6, 6.07) is -0.153. The molecule has 1 aromatic rings. The van der Waals surface area contributed by atoms with Gasteiger partial charge in [0.2, 0.25) is 5.91 Å². The smallest absolute Gasteiger partial charge is 0.224 e. The zero-order valence-electron chi connectivity index (χ0n) is 10.2. The lowest BCUT2D eigenvalue weighted by molar-refractivity contribution is -0.127. The van der Waals surface area contributed by atoms with Gasteiger partial charge < -0.3 is 10.6 Å². The van der Waals surface area contributed by atoms with Crippen LogP contribution in [-0.4, -0.2) is 33.7 Å². The molecular weight excluding hydrogens is 204 g/mol. The average Bonchev–Trinajstić information content (AvgIpc) is 2.57. The Morgan fingerprint density at radius 3 is 2.38 bits per heavy atom. The highest BCUT2D eigenvalue weighted by Gasteiger charge is 2.38. The second-order valence-corrected chi connectivity index (χ2v) is 4.53. The van der Waals surface area contributed by atoms with E-state index in [1.807, 2.05) is 32.6 Å². The van der Waals surface area contributed by atoms with Crippen LogP contribution in [0, 0.1) is 13.8 Å². The minimum absolute atomic E-state index is 0.0267. The van der Waals surface area contributed by atoms with E-state index in [9.17, 15) is 4.79 Å². The van der Waals surface area contributed by atoms with Gasteiger partial charge in [-0.3, -0.25) is 9.48 Å². The predicted molar refractivity (Wildman–Crippen MR) is 60.8 cm³/mol. The first kappa shape index (κ1) is 11.1. The van der Waals surface area contributed by atoms with Gasteiger partial charge in [0.05, 0.1) is 11.7 Å². The molecule has 0 aromatic carbocycles. The molecule has 0 spiro atoms. The van der Waals surface area contributed by atoms with Crippen molar-refractivity contribution < 1.29 is 4.79 Å². The molecule has 1 aromatic heterocycles. The summed E-state index contributed by atoms with van der Waals surface area (Å²) in [6.07, 6.45) is 0.426. The lowest BCUT2D eigenvalue weighted by atomic mass is 9.99. The van der Waals surface area contributed by atoms with Crippen molar-refractivity contribution in [2.24, 2.45) is 12.8 Å². The third-order valence-corrected chi connectivity index (χ3v) is 3.49. The van der Waals surface area contributed by atoms with Crippen molar-refractivity contribution in [1.29, 1.82) is 0 Å². The maximum absolute atomic E-state index is 11.6. The number of rotatable bonds is 1. The van der Waals surface area contributed by atoms with Gasteiger partial charge in [-0.2, -0.15) is 5.10 Å². The van der Waals surface area contributed by atoms with E-state index in [-0.39, 0.29) is 18.0 Å². The van der Waals surface area contributed by atoms with Gasteiger partial charge in [0.25, 0.3) is 0 Å². The normalized spacial score (nSPS) is 25.6. The van der Waals surface area contributed by atoms with Crippen molar-refractivity contribution in [2.75, 3.05) is 7.05 Å². The standard InChI is InChI=1S/C11H18N4O/c1-6-10(7(2)15(4)13-6)11-8(12)5-9(16)14(11)3/h8,11H,5,12H2,1-4H3/t8-,11+/m0/s1. The van der Waals surface area contributed by atoms with Crippen LogP contribution in [0.5, 0.6) is 0 Å². The number of nitrogens with two attached hydrogens (primary N) is 1. The summed E-state index contributed by atoms with van der Waals surface area (Å²) in [6.45, 7) is 3.98. The van der Waals surface area contributed by atoms with Crippen LogP contribution in [0.1, 0.15) is 29.4 Å². The lowest BCUT2D eigenvalue weighted by Crippen LogP contribution is -2.31. The van der Waals surface area contributed by atoms with E-state index in [2.05, 4.69) is 5.10 Å². The molecule has 1 amide bonds. The SMILES string of the molecule is Cc1nn(C)c(C)c1[C@H]1[C@@H](N)CC(=O)N1C. The predicted octanol–water partition coefficient (Wildman–Crippen LogP) is 0.267. The molecule has 1 fully saturated rings. The molecular formula is C11H18N4O. The minimum atomic E-state index is -0.126. The summed E-state index contributed by atoms with van der Waals surface area (Å²) in [4.78, 5) is 13.4. The first-order valence-electron chi connectivity index (χ1n) is 5.44. The van der Waals surface area contributed by atoms with E-state index in [1.54, 1.807) is 4.90 Å². The molecule has 2 N–H and O–H groups in total. The highest BCUT2D eigenvalue weighted by molar-refractivity contribution is 5.80. The molecule has 0 saturated carbocycles. The van der Waals surface area contributed by atoms with Gasteiger partial charge in [0, 0.05) is 37.8 Å². The molecule has 1 saturated heterocycles. The molecule has 5 heteroatoms. The molecule has 88 valence electrons. The Kier molecular flexibility index (Phi) is 2.50. The Bertz CT molecular complexity index is 437. The number of carbonyl (C=O) groups is 1. The van der Waals surface area contributed by atoms with Crippen molar-refractivity contribution in [3.63, 3.8) is 0 Å². The molecule has 2 heterocycles. The first-order chi connectivity index (χ1) is 7.43. The van der Waals surface area contributed by atoms with Gasteiger partial charge >= 0.3 is 0 Å². The second-order valence-electron chi connectivity index (χ2n) is 4.53. The van der Waals surface area contributed by atoms with Gasteiger partial charge in [-0.15, -0.1) is 0 Å². The summed E-state index contributed by atoms with van der Waals surface area (Å²) in [5.41, 5.74) is 9.18. The van der Waals surface area contributed by atoms with Crippen LogP contribution < -0.4 is 5.73 Å². The molecule has 1 aliphatic rings. The van der Waals surface area contributed by atoms with Crippen molar-refractivity contribution in [3.05, 3.63) is 17.0 Å². The fourth-order valence-corrected chi connectivity index (χ4v) is 2.53. The second kappa shape index (κ2) is 3.59. The van der Waals surface area contributed by atoms with Crippen LogP contribution >= 0.6 is 0 Å². The maximum atomic E-state index is 11.6. The number of likely N-dealkylation sites (N-methyl/N-ethyl adjacent to an activating group) is 1. The summed E-state index contributed by atoms with van der Waals surface area (Å²) >= 11 is 0. The summed E-state index contributed by atoms with van der Waals surface area (Å²) in [5.74, 6) is 0.111. The minimum Gasteiger partial charge on any atom is -0.337 e. The van der Waals surface area contributed by atoms with Gasteiger partial charge in [0.1, 0.15) is 0 Å². The van der Waals surface area contributed by atoms with Crippen LogP contribution in [-0.2, 0) is 11.8 Å². The number of aromatic nitrogens is 2. The van der Waals surface area contributed by atoms with E-state index >= 15 is 0 Å². The molecule has 0 aliphatic carbocycles. The monoisotopic (exact) mass is 222 g/mol. The van der Waals surface area contributed by atoms with E-state index in [0.717, 1.165) is 17.0 Å². The van der Waals surface area contributed by atoms with Gasteiger partial charge in [-0.25, -0.2) is 0 Å². The topological polar surface area (TPSA) is 64.2 Å². The van der Waals surface area contributed by atoms with Crippen LogP contribution in [0.15, 0.2) is 0 Å². The Morgan fingerprint density at radius 2 is 2.00 bits per heavy atom. The van der Waals surface area contributed by atoms with Crippen LogP contribution in [0.25, 0.3) is 0 Å². The van der Waals surface area contributed by atoms with Crippen LogP contribution in [0.3, 0.4) is 0 Å². The number of aryl methyl sites for hydroxylation is 2. The zero-order chi connectivity index (χ0) is 12.0. The molecule has 1 aliphatic heterocycles. The Balaban J connectivity index is 2.48. The fraction of sp³-hybridized carbons (Fsp3) is 0.636. The third kappa shape index (κ3) is 1.43. The molecule has 16 heavy (non-hydrogen) atoms. The van der Waals surface area contributed by atoms with E-state index in [1.165, 1.54) is 0 Å². The zero-order valence-corrected chi connectivity index (χ0v) is 10.2. The van der Waals surface area contributed by atoms with Crippen molar-refractivity contribution in [3.8, 4) is 0 Å². The van der Waals surface area contributed by atoms with Crippen LogP contribution in [0.2, 0.25) is 0 Å². The van der Waals surface area contributed by atoms with Crippen molar-refractivity contribution in [1.82, 2.24) is 14.7 Å². The highest BCUT2D eigenvalue weighted by Crippen LogP contribution is 2.33. The lowest BCUT2D eigenvalue weighted by Gasteiger charge is -2.23. The van der Waals surface area contributed by atoms with Gasteiger partial charge in [0.15, 0.2) is 0 Å². The summed E-state index contributed by atoms with van der Waals surface area (Å²) < 4.78 is 1.84. The summed E-state index contributed by atoms with van der Waals surface area (Å²) in [5, 5.41) is 4.37. The third-order valence-electron chi connectivity index (χ3n) is 3.49. The number of carbonyl (C=O) groups excluding carboxylic acids is 1. The van der Waals surface area contributed by atoms with E-state index in [4.69, 9.17) is 5.73 Å². The van der Waals surface area contributed by atoms with Crippen molar-refractivity contribution >= 4 is 5.91 Å². The van der Waals surface area contributed by atoms with Crippen molar-refractivity contribution in [2.45, 2.75) is 32.4 Å². The number of nitrogens with zero attached hydrogens (tertiary/aromatic N) is 3. The van der Waals surface area contributed by atoms with E-state index in [0.29, 0.717) is 6.42 Å². The highest BCUT2D eigenvalue weighted by atomic mass is 16.2. The molecule has 0 unspecified atom stereocenters. The number of amides is 1. The van der Waals surface area contributed by atoms with E-state index < -0.39 is 0 Å². The Morgan fingerprint density at radius 1 is 1.38 bits per heavy atom. The van der Waals surface area contributed by atoms with Gasteiger partial charge in [-0.1, -0.05) is 0 Å². The number of hydrogen-bond acceptors (Lipinski definition) is 3. The molecule has 0 bridgehead atoms. The maximum Gasteiger partial charge on any atom is 0.224 e. The number of likely N-dealkylation sites (tertiary alicyclic amines) is 1. The Hall–Kier alpha value is -1.36. The summed E-state index contributed by atoms with van der Waals surface area (Å²) in [7, 11) is 3.72. The van der Waals surface area contributed by atoms with Crippen LogP contribution in [0.4, 0.5) is 0 Å². The van der Waals surface area contributed by atoms with Gasteiger partial charge in [-0.05, 0) is 13.8 Å². The molecule has 5 nitrogen and oxygen atoms in total. The fourth-order valence-electron chi connectivity index (χ4n) is 2.53.